The van der Waals surface area contributed by atoms with Crippen molar-refractivity contribution in [3.05, 3.63) is 69.5 Å². The van der Waals surface area contributed by atoms with Gasteiger partial charge in [0.1, 0.15) is 5.82 Å². The van der Waals surface area contributed by atoms with Gasteiger partial charge in [0.05, 0.1) is 12.0 Å². The fourth-order valence-corrected chi connectivity index (χ4v) is 2.72. The number of carbonyl (C=O) groups is 1. The monoisotopic (exact) mass is 344 g/mol. The molecule has 6 nitrogen and oxygen atoms in total. The number of halogens is 1. The number of hydrogen-bond acceptors (Lipinski definition) is 4. The molecule has 0 bridgehead atoms. The fraction of sp³-hybridized carbons (Fsp3) is 0.278. The Morgan fingerprint density at radius 1 is 1.32 bits per heavy atom. The number of hydrogen-bond donors (Lipinski definition) is 0. The van der Waals surface area contributed by atoms with Crippen LogP contribution in [-0.4, -0.2) is 28.9 Å². The van der Waals surface area contributed by atoms with Crippen LogP contribution in [0.2, 0.25) is 0 Å². The van der Waals surface area contributed by atoms with Crippen molar-refractivity contribution in [3.8, 4) is 5.75 Å². The number of nitrogens with zero attached hydrogens (tertiary/aromatic N) is 2. The molecule has 25 heavy (non-hydrogen) atoms. The Morgan fingerprint density at radius 2 is 2.08 bits per heavy atom. The van der Waals surface area contributed by atoms with Crippen LogP contribution in [-0.2, 0) is 6.54 Å². The highest BCUT2D eigenvalue weighted by Gasteiger charge is 2.34. The van der Waals surface area contributed by atoms with Crippen LogP contribution in [0.4, 0.5) is 10.1 Å². The molecule has 1 fully saturated rings. The molecule has 1 saturated carbocycles. The summed E-state index contributed by atoms with van der Waals surface area (Å²) < 4.78 is 18.4. The molecule has 2 aromatic rings. The Hall–Kier alpha value is -2.96. The minimum Gasteiger partial charge on any atom is -0.490 e. The molecule has 0 aromatic heterocycles. The Bertz CT molecular complexity index is 820. The summed E-state index contributed by atoms with van der Waals surface area (Å²) in [5, 5.41) is 11.2. The van der Waals surface area contributed by atoms with E-state index in [1.54, 1.807) is 17.0 Å². The van der Waals surface area contributed by atoms with E-state index >= 15 is 0 Å². The van der Waals surface area contributed by atoms with E-state index in [4.69, 9.17) is 4.74 Å². The first-order valence-corrected chi connectivity index (χ1v) is 7.87. The summed E-state index contributed by atoms with van der Waals surface area (Å²) in [6.07, 6.45) is 1.75. The van der Waals surface area contributed by atoms with Crippen LogP contribution in [0.1, 0.15) is 28.8 Å². The summed E-state index contributed by atoms with van der Waals surface area (Å²) in [5.74, 6) is -0.567. The van der Waals surface area contributed by atoms with Gasteiger partial charge in [0, 0.05) is 24.2 Å². The third-order valence-corrected chi connectivity index (χ3v) is 4.11. The van der Waals surface area contributed by atoms with Gasteiger partial charge in [-0.1, -0.05) is 12.1 Å². The fourth-order valence-electron chi connectivity index (χ4n) is 2.72. The van der Waals surface area contributed by atoms with E-state index in [9.17, 15) is 19.3 Å². The van der Waals surface area contributed by atoms with Crippen molar-refractivity contribution in [2.24, 2.45) is 0 Å². The summed E-state index contributed by atoms with van der Waals surface area (Å²) in [4.78, 5) is 25.1. The van der Waals surface area contributed by atoms with Crippen molar-refractivity contribution in [1.29, 1.82) is 0 Å². The van der Waals surface area contributed by atoms with Crippen LogP contribution in [0.25, 0.3) is 0 Å². The first kappa shape index (κ1) is 16.9. The highest BCUT2D eigenvalue weighted by molar-refractivity contribution is 5.95. The molecule has 1 aliphatic rings. The molecule has 7 heteroatoms. The zero-order valence-electron chi connectivity index (χ0n) is 13.6. The van der Waals surface area contributed by atoms with Gasteiger partial charge in [-0.2, -0.15) is 0 Å². The summed E-state index contributed by atoms with van der Waals surface area (Å²) in [5.41, 5.74) is 0.647. The highest BCUT2D eigenvalue weighted by Crippen LogP contribution is 2.32. The number of nitro benzene ring substituents is 1. The van der Waals surface area contributed by atoms with Gasteiger partial charge in [-0.15, -0.1) is 0 Å². The molecular formula is C18H17FN2O4. The Kier molecular flexibility index (Phi) is 4.65. The molecule has 0 heterocycles. The molecule has 0 atom stereocenters. The standard InChI is InChI=1S/C18H17FN2O4/c1-25-17-8-5-13(10-16(17)21(23)24)18(22)20(15-6-7-15)11-12-3-2-4-14(19)9-12/h2-5,8-10,15H,6-7,11H2,1H3. The molecule has 0 aliphatic heterocycles. The lowest BCUT2D eigenvalue weighted by Crippen LogP contribution is -2.32. The molecule has 1 amide bonds. The quantitative estimate of drug-likeness (QED) is 0.593. The minimum atomic E-state index is -0.580. The maximum absolute atomic E-state index is 13.4. The first-order chi connectivity index (χ1) is 12.0. The van der Waals surface area contributed by atoms with Gasteiger partial charge in [0.15, 0.2) is 5.75 Å². The van der Waals surface area contributed by atoms with Gasteiger partial charge < -0.3 is 9.64 Å². The van der Waals surface area contributed by atoms with Crippen LogP contribution in [0.5, 0.6) is 5.75 Å². The predicted molar refractivity (Wildman–Crippen MR) is 88.9 cm³/mol. The van der Waals surface area contributed by atoms with E-state index < -0.39 is 4.92 Å². The second-order valence-corrected chi connectivity index (χ2v) is 5.94. The lowest BCUT2D eigenvalue weighted by molar-refractivity contribution is -0.385. The van der Waals surface area contributed by atoms with E-state index in [2.05, 4.69) is 0 Å². The zero-order chi connectivity index (χ0) is 18.0. The maximum Gasteiger partial charge on any atom is 0.311 e. The second kappa shape index (κ2) is 6.88. The third kappa shape index (κ3) is 3.76. The second-order valence-electron chi connectivity index (χ2n) is 5.94. The van der Waals surface area contributed by atoms with E-state index in [1.807, 2.05) is 0 Å². The van der Waals surface area contributed by atoms with Crippen LogP contribution in [0.15, 0.2) is 42.5 Å². The van der Waals surface area contributed by atoms with Gasteiger partial charge in [-0.25, -0.2) is 4.39 Å². The van der Waals surface area contributed by atoms with Gasteiger partial charge in [0.25, 0.3) is 5.91 Å². The van der Waals surface area contributed by atoms with E-state index in [1.165, 1.54) is 37.4 Å². The number of ether oxygens (including phenoxy) is 1. The molecule has 0 N–H and O–H groups in total. The summed E-state index contributed by atoms with van der Waals surface area (Å²) >= 11 is 0. The number of rotatable bonds is 6. The summed E-state index contributed by atoms with van der Waals surface area (Å²) in [6, 6.07) is 10.3. The topological polar surface area (TPSA) is 72.7 Å². The molecule has 1 aliphatic carbocycles. The van der Waals surface area contributed by atoms with Crippen LogP contribution >= 0.6 is 0 Å². The molecule has 3 rings (SSSR count). The number of benzene rings is 2. The van der Waals surface area contributed by atoms with Gasteiger partial charge in [-0.3, -0.25) is 14.9 Å². The van der Waals surface area contributed by atoms with Crippen molar-refractivity contribution < 1.29 is 18.8 Å². The average molecular weight is 344 g/mol. The maximum atomic E-state index is 13.4. The Morgan fingerprint density at radius 3 is 2.68 bits per heavy atom. The largest absolute Gasteiger partial charge is 0.490 e. The third-order valence-electron chi connectivity index (χ3n) is 4.11. The minimum absolute atomic E-state index is 0.0805. The summed E-state index contributed by atoms with van der Waals surface area (Å²) in [6.45, 7) is 0.265. The number of carbonyl (C=O) groups excluding carboxylic acids is 1. The highest BCUT2D eigenvalue weighted by atomic mass is 19.1. The molecule has 0 spiro atoms. The predicted octanol–water partition coefficient (Wildman–Crippen LogP) is 3.55. The summed E-state index contributed by atoms with van der Waals surface area (Å²) in [7, 11) is 1.34. The van der Waals surface area contributed by atoms with Crippen molar-refractivity contribution in [2.75, 3.05) is 7.11 Å². The number of methoxy groups -OCH3 is 1. The molecule has 0 radical (unpaired) electrons. The lowest BCUT2D eigenvalue weighted by Gasteiger charge is -2.23. The van der Waals surface area contributed by atoms with Crippen molar-refractivity contribution >= 4 is 11.6 Å². The van der Waals surface area contributed by atoms with Crippen molar-refractivity contribution in [3.63, 3.8) is 0 Å². The van der Waals surface area contributed by atoms with Crippen LogP contribution < -0.4 is 4.74 Å². The van der Waals surface area contributed by atoms with Crippen LogP contribution in [0.3, 0.4) is 0 Å². The van der Waals surface area contributed by atoms with Gasteiger partial charge >= 0.3 is 5.69 Å². The Labute approximate surface area is 144 Å². The molecule has 130 valence electrons. The number of nitro groups is 1. The molecular weight excluding hydrogens is 327 g/mol. The van der Waals surface area contributed by atoms with Crippen molar-refractivity contribution in [1.82, 2.24) is 4.90 Å². The van der Waals surface area contributed by atoms with Crippen molar-refractivity contribution in [2.45, 2.75) is 25.4 Å². The average Bonchev–Trinajstić information content (AvgIpc) is 3.43. The molecule has 2 aromatic carbocycles. The normalized spacial score (nSPS) is 13.4. The van der Waals surface area contributed by atoms with E-state index in [0.29, 0.717) is 5.56 Å². The Balaban J connectivity index is 1.88. The lowest BCUT2D eigenvalue weighted by atomic mass is 10.1. The molecule has 0 saturated heterocycles. The first-order valence-electron chi connectivity index (χ1n) is 7.87. The van der Waals surface area contributed by atoms with E-state index in [-0.39, 0.29) is 41.3 Å². The number of amides is 1. The van der Waals surface area contributed by atoms with Gasteiger partial charge in [-0.05, 0) is 42.7 Å². The zero-order valence-corrected chi connectivity index (χ0v) is 13.6. The van der Waals surface area contributed by atoms with Gasteiger partial charge in [0.2, 0.25) is 0 Å². The van der Waals surface area contributed by atoms with Crippen LogP contribution in [0, 0.1) is 15.9 Å². The smallest absolute Gasteiger partial charge is 0.311 e. The van der Waals surface area contributed by atoms with E-state index in [0.717, 1.165) is 12.8 Å². The molecule has 0 unspecified atom stereocenters. The SMILES string of the molecule is COc1ccc(C(=O)N(Cc2cccc(F)c2)C2CC2)cc1[N+](=O)[O-].